The van der Waals surface area contributed by atoms with Gasteiger partial charge in [-0.1, -0.05) is 13.3 Å². The van der Waals surface area contributed by atoms with Crippen LogP contribution in [0.15, 0.2) is 18.3 Å². The van der Waals surface area contributed by atoms with Gasteiger partial charge in [-0.15, -0.1) is 0 Å². The van der Waals surface area contributed by atoms with Crippen molar-refractivity contribution in [2.24, 2.45) is 5.92 Å². The van der Waals surface area contributed by atoms with Crippen molar-refractivity contribution in [3.63, 3.8) is 0 Å². The summed E-state index contributed by atoms with van der Waals surface area (Å²) in [7, 11) is 0. The van der Waals surface area contributed by atoms with Gasteiger partial charge >= 0.3 is 0 Å². The van der Waals surface area contributed by atoms with E-state index in [0.717, 1.165) is 56.2 Å². The molecule has 0 aromatic carbocycles. The van der Waals surface area contributed by atoms with Crippen LogP contribution >= 0.6 is 0 Å². The topological polar surface area (TPSA) is 51.5 Å². The molecule has 0 saturated carbocycles. The molecule has 21 heavy (non-hydrogen) atoms. The van der Waals surface area contributed by atoms with E-state index in [0.29, 0.717) is 5.92 Å². The summed E-state index contributed by atoms with van der Waals surface area (Å²) in [6, 6.07) is 4.08. The van der Waals surface area contributed by atoms with Crippen LogP contribution < -0.4 is 5.32 Å². The fourth-order valence-electron chi connectivity index (χ4n) is 2.91. The van der Waals surface area contributed by atoms with Crippen LogP contribution in [-0.4, -0.2) is 34.4 Å². The molecule has 1 saturated heterocycles. The van der Waals surface area contributed by atoms with Crippen molar-refractivity contribution in [1.29, 1.82) is 0 Å². The second-order valence-electron chi connectivity index (χ2n) is 5.78. The van der Waals surface area contributed by atoms with Crippen LogP contribution in [0, 0.1) is 5.92 Å². The van der Waals surface area contributed by atoms with Gasteiger partial charge in [0.2, 0.25) is 0 Å². The molecule has 1 N–H and O–H groups in total. The lowest BCUT2D eigenvalue weighted by molar-refractivity contribution is 0.0530. The van der Waals surface area contributed by atoms with Crippen LogP contribution in [0.25, 0.3) is 5.65 Å². The molecule has 3 rings (SSSR count). The lowest BCUT2D eigenvalue weighted by Gasteiger charge is -2.22. The third-order valence-corrected chi connectivity index (χ3v) is 4.03. The first-order valence-corrected chi connectivity index (χ1v) is 8.02. The number of aryl methyl sites for hydroxylation is 1. The number of nitrogens with zero attached hydrogens (tertiary/aromatic N) is 3. The summed E-state index contributed by atoms with van der Waals surface area (Å²) in [6.07, 6.45) is 7.55. The molecular weight excluding hydrogens is 264 g/mol. The maximum absolute atomic E-state index is 5.54. The Bertz CT molecular complexity index is 575. The Labute approximate surface area is 125 Å². The minimum atomic E-state index is 0.691. The molecule has 1 fully saturated rings. The fraction of sp³-hybridized carbons (Fsp3) is 0.625. The van der Waals surface area contributed by atoms with Crippen molar-refractivity contribution in [2.45, 2.75) is 39.0 Å². The first kappa shape index (κ1) is 14.3. The summed E-state index contributed by atoms with van der Waals surface area (Å²) in [4.78, 5) is 4.62. The first-order valence-electron chi connectivity index (χ1n) is 8.02. The predicted octanol–water partition coefficient (Wildman–Crippen LogP) is 2.91. The van der Waals surface area contributed by atoms with E-state index in [4.69, 9.17) is 4.74 Å². The number of hydrogen-bond acceptors (Lipinski definition) is 4. The van der Waals surface area contributed by atoms with Crippen molar-refractivity contribution in [1.82, 2.24) is 14.6 Å². The highest BCUT2D eigenvalue weighted by atomic mass is 16.5. The van der Waals surface area contributed by atoms with Gasteiger partial charge in [-0.25, -0.2) is 4.98 Å². The molecule has 3 heterocycles. The van der Waals surface area contributed by atoms with Crippen molar-refractivity contribution >= 4 is 11.5 Å². The van der Waals surface area contributed by atoms with Crippen molar-refractivity contribution in [3.05, 3.63) is 24.0 Å². The number of ether oxygens (including phenoxy) is 1. The molecule has 2 aromatic rings. The van der Waals surface area contributed by atoms with Gasteiger partial charge in [0, 0.05) is 37.6 Å². The average molecular weight is 288 g/mol. The molecule has 0 spiro atoms. The molecule has 0 unspecified atom stereocenters. The molecule has 0 radical (unpaired) electrons. The Morgan fingerprint density at radius 3 is 3.24 bits per heavy atom. The van der Waals surface area contributed by atoms with Crippen LogP contribution in [0.4, 0.5) is 5.82 Å². The summed E-state index contributed by atoms with van der Waals surface area (Å²) >= 11 is 0. The quantitative estimate of drug-likeness (QED) is 0.888. The number of nitrogens with one attached hydrogen (secondary N) is 1. The summed E-state index contributed by atoms with van der Waals surface area (Å²) in [5.74, 6) is 1.74. The number of rotatable bonds is 6. The summed E-state index contributed by atoms with van der Waals surface area (Å²) in [6.45, 7) is 4.98. The van der Waals surface area contributed by atoms with Gasteiger partial charge in [0.25, 0.3) is 0 Å². The zero-order valence-corrected chi connectivity index (χ0v) is 12.7. The van der Waals surface area contributed by atoms with Crippen LogP contribution in [0.5, 0.6) is 0 Å². The molecule has 5 nitrogen and oxygen atoms in total. The molecule has 1 aliphatic rings. The number of anilines is 1. The van der Waals surface area contributed by atoms with E-state index < -0.39 is 0 Å². The second kappa shape index (κ2) is 6.89. The van der Waals surface area contributed by atoms with E-state index in [1.807, 2.05) is 10.6 Å². The number of aromatic nitrogens is 3. The highest BCUT2D eigenvalue weighted by molar-refractivity contribution is 5.49. The molecular formula is C16H24N4O. The molecule has 114 valence electrons. The maximum atomic E-state index is 5.54. The zero-order valence-electron chi connectivity index (χ0n) is 12.7. The number of fused-ring (bicyclic) bond motifs is 1. The molecule has 0 amide bonds. The third kappa shape index (κ3) is 3.53. The van der Waals surface area contributed by atoms with Gasteiger partial charge in [0.1, 0.15) is 5.82 Å². The van der Waals surface area contributed by atoms with E-state index in [-0.39, 0.29) is 0 Å². The largest absolute Gasteiger partial charge is 0.381 e. The van der Waals surface area contributed by atoms with Crippen molar-refractivity contribution in [2.75, 3.05) is 25.1 Å². The fourth-order valence-corrected chi connectivity index (χ4v) is 2.91. The smallest absolute Gasteiger partial charge is 0.157 e. The maximum Gasteiger partial charge on any atom is 0.157 e. The summed E-state index contributed by atoms with van der Waals surface area (Å²) in [5, 5.41) is 7.88. The van der Waals surface area contributed by atoms with E-state index in [9.17, 15) is 0 Å². The average Bonchev–Trinajstić information content (AvgIpc) is 2.97. The molecule has 1 aliphatic heterocycles. The van der Waals surface area contributed by atoms with Crippen molar-refractivity contribution in [3.8, 4) is 0 Å². The third-order valence-electron chi connectivity index (χ3n) is 4.03. The van der Waals surface area contributed by atoms with Gasteiger partial charge in [0.15, 0.2) is 5.65 Å². The summed E-state index contributed by atoms with van der Waals surface area (Å²) < 4.78 is 7.42. The highest BCUT2D eigenvalue weighted by Crippen LogP contribution is 2.18. The molecule has 5 heteroatoms. The normalized spacial score (nSPS) is 19.0. The van der Waals surface area contributed by atoms with Crippen LogP contribution in [0.3, 0.4) is 0 Å². The van der Waals surface area contributed by atoms with E-state index in [1.54, 1.807) is 6.20 Å². The monoisotopic (exact) mass is 288 g/mol. The molecule has 2 aromatic heterocycles. The predicted molar refractivity (Wildman–Crippen MR) is 83.6 cm³/mol. The minimum Gasteiger partial charge on any atom is -0.381 e. The standard InChI is InChI=1S/C16H24N4O/c1-2-4-14-11-16(20-15(19-14)7-9-18-20)17-8-6-13-5-3-10-21-12-13/h7,9,11,13,17H,2-6,8,10,12H2,1H3/t13-/m0/s1. The SMILES string of the molecule is CCCc1cc(NCC[C@@H]2CCCOC2)n2nccc2n1. The minimum absolute atomic E-state index is 0.691. The Balaban J connectivity index is 1.65. The van der Waals surface area contributed by atoms with Crippen LogP contribution in [-0.2, 0) is 11.2 Å². The Morgan fingerprint density at radius 2 is 2.43 bits per heavy atom. The number of hydrogen-bond donors (Lipinski definition) is 1. The van der Waals surface area contributed by atoms with Gasteiger partial charge in [-0.2, -0.15) is 9.61 Å². The van der Waals surface area contributed by atoms with Gasteiger partial charge in [0.05, 0.1) is 6.20 Å². The van der Waals surface area contributed by atoms with Crippen LogP contribution in [0.1, 0.15) is 38.3 Å². The van der Waals surface area contributed by atoms with Gasteiger partial charge in [-0.05, 0) is 31.6 Å². The second-order valence-corrected chi connectivity index (χ2v) is 5.78. The molecule has 0 aliphatic carbocycles. The van der Waals surface area contributed by atoms with Crippen molar-refractivity contribution < 1.29 is 4.74 Å². The zero-order chi connectivity index (χ0) is 14.5. The lowest BCUT2D eigenvalue weighted by atomic mass is 9.99. The lowest BCUT2D eigenvalue weighted by Crippen LogP contribution is -2.20. The molecule has 1 atom stereocenters. The first-order chi connectivity index (χ1) is 10.4. The van der Waals surface area contributed by atoms with Gasteiger partial charge in [-0.3, -0.25) is 0 Å². The van der Waals surface area contributed by atoms with Crippen LogP contribution in [0.2, 0.25) is 0 Å². The van der Waals surface area contributed by atoms with E-state index >= 15 is 0 Å². The highest BCUT2D eigenvalue weighted by Gasteiger charge is 2.13. The van der Waals surface area contributed by atoms with E-state index in [2.05, 4.69) is 28.4 Å². The Hall–Kier alpha value is -1.62. The Kier molecular flexibility index (Phi) is 4.70. The Morgan fingerprint density at radius 1 is 1.48 bits per heavy atom. The summed E-state index contributed by atoms with van der Waals surface area (Å²) in [5.41, 5.74) is 2.05. The molecule has 0 bridgehead atoms. The van der Waals surface area contributed by atoms with Gasteiger partial charge < -0.3 is 10.1 Å². The van der Waals surface area contributed by atoms with E-state index in [1.165, 1.54) is 12.8 Å².